The van der Waals surface area contributed by atoms with Crippen molar-refractivity contribution in [2.75, 3.05) is 33.2 Å². The van der Waals surface area contributed by atoms with Crippen LogP contribution in [0.3, 0.4) is 0 Å². The number of nitrogens with one attached hydrogen (secondary N) is 1. The van der Waals surface area contributed by atoms with Gasteiger partial charge in [0.15, 0.2) is 0 Å². The highest BCUT2D eigenvalue weighted by Crippen LogP contribution is 2.16. The molecule has 1 saturated heterocycles. The second-order valence-corrected chi connectivity index (χ2v) is 6.95. The fourth-order valence-electron chi connectivity index (χ4n) is 3.06. The number of nitrogens with zero attached hydrogens (tertiary/aromatic N) is 2. The van der Waals surface area contributed by atoms with Crippen LogP contribution in [0, 0.1) is 11.7 Å². The van der Waals surface area contributed by atoms with Crippen LogP contribution < -0.4 is 5.32 Å². The molecule has 24 heavy (non-hydrogen) atoms. The van der Waals surface area contributed by atoms with Crippen LogP contribution in [0.1, 0.15) is 38.2 Å². The molecular formula is C19H30FN3O. The summed E-state index contributed by atoms with van der Waals surface area (Å²) in [5.74, 6) is 0.600. The number of halogens is 1. The van der Waals surface area contributed by atoms with Gasteiger partial charge in [-0.25, -0.2) is 9.18 Å². The van der Waals surface area contributed by atoms with Gasteiger partial charge in [0.2, 0.25) is 0 Å². The minimum absolute atomic E-state index is 0.106. The van der Waals surface area contributed by atoms with Crippen molar-refractivity contribution in [1.29, 1.82) is 0 Å². The minimum Gasteiger partial charge on any atom is -0.338 e. The summed E-state index contributed by atoms with van der Waals surface area (Å²) in [6.07, 6.45) is 4.72. The van der Waals surface area contributed by atoms with Gasteiger partial charge in [-0.3, -0.25) is 0 Å². The van der Waals surface area contributed by atoms with Crippen LogP contribution in [0.2, 0.25) is 0 Å². The predicted molar refractivity (Wildman–Crippen MR) is 95.3 cm³/mol. The van der Waals surface area contributed by atoms with Crippen molar-refractivity contribution in [3.63, 3.8) is 0 Å². The van der Waals surface area contributed by atoms with Crippen LogP contribution in [0.5, 0.6) is 0 Å². The summed E-state index contributed by atoms with van der Waals surface area (Å²) in [5, 5.41) is 2.94. The summed E-state index contributed by atoms with van der Waals surface area (Å²) in [7, 11) is 1.73. The van der Waals surface area contributed by atoms with Crippen molar-refractivity contribution in [2.45, 2.75) is 39.2 Å². The highest BCUT2D eigenvalue weighted by molar-refractivity contribution is 5.73. The number of unbranched alkanes of at least 4 members (excludes halogenated alkanes) is 1. The highest BCUT2D eigenvalue weighted by atomic mass is 19.1. The molecule has 1 fully saturated rings. The van der Waals surface area contributed by atoms with E-state index in [9.17, 15) is 9.18 Å². The largest absolute Gasteiger partial charge is 0.338 e. The van der Waals surface area contributed by atoms with Crippen molar-refractivity contribution >= 4 is 6.03 Å². The molecule has 0 spiro atoms. The van der Waals surface area contributed by atoms with E-state index in [1.165, 1.54) is 38.1 Å². The van der Waals surface area contributed by atoms with E-state index in [-0.39, 0.29) is 11.8 Å². The number of carbonyl (C=O) groups excluding carboxylic acids is 1. The number of piperidine rings is 1. The summed E-state index contributed by atoms with van der Waals surface area (Å²) in [5.41, 5.74) is 0.798. The number of amides is 2. The Morgan fingerprint density at radius 3 is 2.79 bits per heavy atom. The van der Waals surface area contributed by atoms with Gasteiger partial charge in [0.25, 0.3) is 0 Å². The van der Waals surface area contributed by atoms with E-state index in [0.29, 0.717) is 13.1 Å². The van der Waals surface area contributed by atoms with Crippen LogP contribution in [0.4, 0.5) is 9.18 Å². The second kappa shape index (κ2) is 9.62. The van der Waals surface area contributed by atoms with Gasteiger partial charge in [0.1, 0.15) is 5.82 Å². The molecule has 0 unspecified atom stereocenters. The Morgan fingerprint density at radius 2 is 2.08 bits per heavy atom. The summed E-state index contributed by atoms with van der Waals surface area (Å²) >= 11 is 0. The summed E-state index contributed by atoms with van der Waals surface area (Å²) < 4.78 is 13.2. The SMILES string of the molecule is CC1CCN(CCCCNC(=O)N(C)Cc2cccc(F)c2)CC1. The van der Waals surface area contributed by atoms with E-state index in [4.69, 9.17) is 0 Å². The van der Waals surface area contributed by atoms with Crippen LogP contribution in [0.25, 0.3) is 0 Å². The van der Waals surface area contributed by atoms with Gasteiger partial charge in [-0.2, -0.15) is 0 Å². The fourth-order valence-corrected chi connectivity index (χ4v) is 3.06. The first-order valence-corrected chi connectivity index (χ1v) is 9.00. The summed E-state index contributed by atoms with van der Waals surface area (Å²) in [6.45, 7) is 6.98. The van der Waals surface area contributed by atoms with Gasteiger partial charge in [-0.05, 0) is 68.9 Å². The molecule has 2 amide bonds. The third kappa shape index (κ3) is 6.48. The van der Waals surface area contributed by atoms with Crippen LogP contribution in [-0.4, -0.2) is 49.1 Å². The molecule has 0 aliphatic carbocycles. The zero-order valence-electron chi connectivity index (χ0n) is 14.9. The molecule has 134 valence electrons. The molecule has 4 nitrogen and oxygen atoms in total. The molecule has 0 saturated carbocycles. The van der Waals surface area contributed by atoms with Gasteiger partial charge in [0, 0.05) is 20.1 Å². The Morgan fingerprint density at radius 1 is 1.33 bits per heavy atom. The zero-order valence-corrected chi connectivity index (χ0v) is 14.9. The van der Waals surface area contributed by atoms with E-state index in [2.05, 4.69) is 17.1 Å². The topological polar surface area (TPSA) is 35.6 Å². The molecule has 1 aliphatic rings. The van der Waals surface area contributed by atoms with Gasteiger partial charge in [0.05, 0.1) is 0 Å². The average Bonchev–Trinajstić information content (AvgIpc) is 2.56. The van der Waals surface area contributed by atoms with Crippen molar-refractivity contribution < 1.29 is 9.18 Å². The van der Waals surface area contributed by atoms with E-state index >= 15 is 0 Å². The highest BCUT2D eigenvalue weighted by Gasteiger charge is 2.15. The van der Waals surface area contributed by atoms with E-state index < -0.39 is 0 Å². The molecule has 1 heterocycles. The Hall–Kier alpha value is -1.62. The molecule has 0 bridgehead atoms. The Labute approximate surface area is 145 Å². The lowest BCUT2D eigenvalue weighted by Crippen LogP contribution is -2.37. The zero-order chi connectivity index (χ0) is 17.4. The fraction of sp³-hybridized carbons (Fsp3) is 0.632. The second-order valence-electron chi connectivity index (χ2n) is 6.95. The smallest absolute Gasteiger partial charge is 0.317 e. The number of rotatable bonds is 7. The predicted octanol–water partition coefficient (Wildman–Crippen LogP) is 3.48. The molecule has 2 rings (SSSR count). The van der Waals surface area contributed by atoms with Gasteiger partial charge >= 0.3 is 6.03 Å². The average molecular weight is 335 g/mol. The third-order valence-corrected chi connectivity index (χ3v) is 4.71. The van der Waals surface area contributed by atoms with Crippen molar-refractivity contribution in [1.82, 2.24) is 15.1 Å². The van der Waals surface area contributed by atoms with Crippen LogP contribution in [0.15, 0.2) is 24.3 Å². The maximum atomic E-state index is 13.2. The number of likely N-dealkylation sites (tertiary alicyclic amines) is 1. The van der Waals surface area contributed by atoms with Gasteiger partial charge in [-0.15, -0.1) is 0 Å². The third-order valence-electron chi connectivity index (χ3n) is 4.71. The number of urea groups is 1. The monoisotopic (exact) mass is 335 g/mol. The first kappa shape index (κ1) is 18.7. The summed E-state index contributed by atoms with van der Waals surface area (Å²) in [6, 6.07) is 6.26. The first-order chi connectivity index (χ1) is 11.5. The maximum Gasteiger partial charge on any atom is 0.317 e. The number of hydrogen-bond acceptors (Lipinski definition) is 2. The Kier molecular flexibility index (Phi) is 7.50. The maximum absolute atomic E-state index is 13.2. The van der Waals surface area contributed by atoms with Gasteiger partial charge in [-0.1, -0.05) is 19.1 Å². The molecule has 1 aromatic carbocycles. The normalized spacial score (nSPS) is 16.1. The molecule has 0 atom stereocenters. The number of hydrogen-bond donors (Lipinski definition) is 1. The number of benzene rings is 1. The quantitative estimate of drug-likeness (QED) is 0.774. The van der Waals surface area contributed by atoms with Crippen LogP contribution >= 0.6 is 0 Å². The minimum atomic E-state index is -0.270. The number of carbonyl (C=O) groups is 1. The Bertz CT molecular complexity index is 515. The van der Waals surface area contributed by atoms with Gasteiger partial charge < -0.3 is 15.1 Å². The Balaban J connectivity index is 1.57. The van der Waals surface area contributed by atoms with Crippen molar-refractivity contribution in [2.24, 2.45) is 5.92 Å². The standard InChI is InChI=1S/C19H30FN3O/c1-16-8-12-23(13-9-16)11-4-3-10-21-19(24)22(2)15-17-6-5-7-18(20)14-17/h5-7,14,16H,3-4,8-13,15H2,1-2H3,(H,21,24). The molecule has 1 aromatic rings. The lowest BCUT2D eigenvalue weighted by molar-refractivity contribution is 0.188. The molecule has 5 heteroatoms. The molecule has 1 aliphatic heterocycles. The van der Waals surface area contributed by atoms with Crippen molar-refractivity contribution in [3.8, 4) is 0 Å². The molecular weight excluding hydrogens is 305 g/mol. The van der Waals surface area contributed by atoms with E-state index in [1.54, 1.807) is 18.0 Å². The first-order valence-electron chi connectivity index (χ1n) is 9.00. The lowest BCUT2D eigenvalue weighted by Gasteiger charge is -2.30. The van der Waals surface area contributed by atoms with E-state index in [0.717, 1.165) is 30.9 Å². The van der Waals surface area contributed by atoms with E-state index in [1.807, 2.05) is 6.07 Å². The summed E-state index contributed by atoms with van der Waals surface area (Å²) in [4.78, 5) is 16.2. The lowest BCUT2D eigenvalue weighted by atomic mass is 9.99. The van der Waals surface area contributed by atoms with Crippen LogP contribution in [-0.2, 0) is 6.54 Å². The molecule has 0 aromatic heterocycles. The molecule has 0 radical (unpaired) electrons. The van der Waals surface area contributed by atoms with Crippen molar-refractivity contribution in [3.05, 3.63) is 35.6 Å². The molecule has 1 N–H and O–H groups in total.